The highest BCUT2D eigenvalue weighted by Gasteiger charge is 2.19. The first-order valence-corrected chi connectivity index (χ1v) is 7.04. The molecule has 1 aromatic carbocycles. The van der Waals surface area contributed by atoms with E-state index in [1.807, 2.05) is 0 Å². The standard InChI is InChI=1S/C12H15N7O5/c13-18-15-4-6-23-8-7-22-5-3-14-9-1-2-10(19(20)21)12-11(9)16-24-17-12/h1-2,14H,3-8H2. The van der Waals surface area contributed by atoms with Crippen molar-refractivity contribution >= 4 is 22.4 Å². The summed E-state index contributed by atoms with van der Waals surface area (Å²) in [5, 5.41) is 24.5. The summed E-state index contributed by atoms with van der Waals surface area (Å²) in [4.78, 5) is 13.0. The quantitative estimate of drug-likeness (QED) is 0.162. The number of fused-ring (bicyclic) bond motifs is 1. The number of benzene rings is 1. The van der Waals surface area contributed by atoms with Crippen LogP contribution in [0.4, 0.5) is 11.4 Å². The number of hydrogen-bond acceptors (Lipinski definition) is 9. The van der Waals surface area contributed by atoms with Crippen LogP contribution in [0.2, 0.25) is 0 Å². The van der Waals surface area contributed by atoms with Crippen LogP contribution in [0.5, 0.6) is 0 Å². The molecule has 0 aliphatic rings. The topological polar surface area (TPSA) is 161 Å². The summed E-state index contributed by atoms with van der Waals surface area (Å²) in [7, 11) is 0. The summed E-state index contributed by atoms with van der Waals surface area (Å²) in [5.41, 5.74) is 8.89. The molecule has 12 heteroatoms. The third kappa shape index (κ3) is 4.78. The van der Waals surface area contributed by atoms with Crippen LogP contribution < -0.4 is 5.32 Å². The minimum Gasteiger partial charge on any atom is -0.381 e. The van der Waals surface area contributed by atoms with E-state index in [1.54, 1.807) is 6.07 Å². The number of nitro benzene ring substituents is 1. The number of anilines is 1. The van der Waals surface area contributed by atoms with E-state index in [-0.39, 0.29) is 11.2 Å². The molecule has 1 N–H and O–H groups in total. The van der Waals surface area contributed by atoms with Crippen molar-refractivity contribution in [1.29, 1.82) is 0 Å². The third-order valence-corrected chi connectivity index (χ3v) is 2.92. The Hall–Kier alpha value is -2.95. The van der Waals surface area contributed by atoms with Gasteiger partial charge in [-0.05, 0) is 21.9 Å². The fourth-order valence-electron chi connectivity index (χ4n) is 1.87. The van der Waals surface area contributed by atoms with Gasteiger partial charge in [0.15, 0.2) is 5.52 Å². The molecule has 2 rings (SSSR count). The van der Waals surface area contributed by atoms with E-state index < -0.39 is 4.92 Å². The molecule has 0 saturated carbocycles. The van der Waals surface area contributed by atoms with Crippen LogP contribution in [-0.4, -0.2) is 54.8 Å². The first-order valence-electron chi connectivity index (χ1n) is 7.04. The number of nitrogens with zero attached hydrogens (tertiary/aromatic N) is 6. The van der Waals surface area contributed by atoms with Gasteiger partial charge in [0.2, 0.25) is 5.52 Å². The maximum Gasteiger partial charge on any atom is 0.300 e. The Morgan fingerprint density at radius 1 is 1.25 bits per heavy atom. The van der Waals surface area contributed by atoms with Crippen LogP contribution in [0.15, 0.2) is 21.9 Å². The van der Waals surface area contributed by atoms with Crippen LogP contribution in [0.3, 0.4) is 0 Å². The van der Waals surface area contributed by atoms with Crippen molar-refractivity contribution < 1.29 is 19.0 Å². The van der Waals surface area contributed by atoms with Gasteiger partial charge in [-0.1, -0.05) is 5.11 Å². The molecule has 2 aromatic rings. The molecule has 12 nitrogen and oxygen atoms in total. The van der Waals surface area contributed by atoms with E-state index >= 15 is 0 Å². The molecule has 128 valence electrons. The fourth-order valence-corrected chi connectivity index (χ4v) is 1.87. The number of nitro groups is 1. The normalized spacial score (nSPS) is 10.5. The summed E-state index contributed by atoms with van der Waals surface area (Å²) in [6.45, 7) is 2.32. The van der Waals surface area contributed by atoms with Gasteiger partial charge in [-0.25, -0.2) is 4.63 Å². The molecule has 0 aliphatic carbocycles. The van der Waals surface area contributed by atoms with Crippen LogP contribution in [-0.2, 0) is 9.47 Å². The summed E-state index contributed by atoms with van der Waals surface area (Å²) in [6, 6.07) is 2.89. The molecule has 1 aromatic heterocycles. The highest BCUT2D eigenvalue weighted by atomic mass is 16.6. The largest absolute Gasteiger partial charge is 0.381 e. The molecule has 24 heavy (non-hydrogen) atoms. The minimum absolute atomic E-state index is 0.0966. The molecule has 0 fully saturated rings. The van der Waals surface area contributed by atoms with E-state index in [4.69, 9.17) is 15.0 Å². The van der Waals surface area contributed by atoms with Crippen LogP contribution in [0, 0.1) is 10.1 Å². The number of hydrogen-bond donors (Lipinski definition) is 1. The van der Waals surface area contributed by atoms with E-state index in [2.05, 4.69) is 30.3 Å². The van der Waals surface area contributed by atoms with Gasteiger partial charge in [-0.15, -0.1) is 0 Å². The molecule has 0 aliphatic heterocycles. The van der Waals surface area contributed by atoms with Gasteiger partial charge in [0.25, 0.3) is 0 Å². The smallest absolute Gasteiger partial charge is 0.300 e. The van der Waals surface area contributed by atoms with Crippen molar-refractivity contribution in [1.82, 2.24) is 10.3 Å². The SMILES string of the molecule is [N-]=[N+]=NCCOCCOCCNc1ccc([N+](=O)[O-])c2nonc12. The van der Waals surface area contributed by atoms with Crippen LogP contribution >= 0.6 is 0 Å². The van der Waals surface area contributed by atoms with Crippen molar-refractivity contribution in [2.75, 3.05) is 44.8 Å². The monoisotopic (exact) mass is 337 g/mol. The Morgan fingerprint density at radius 3 is 2.75 bits per heavy atom. The highest BCUT2D eigenvalue weighted by Crippen LogP contribution is 2.28. The molecule has 0 radical (unpaired) electrons. The zero-order valence-corrected chi connectivity index (χ0v) is 12.6. The molecule has 0 bridgehead atoms. The van der Waals surface area contributed by atoms with Crippen LogP contribution in [0.1, 0.15) is 0 Å². The Bertz CT molecular complexity index is 728. The second kappa shape index (κ2) is 9.25. The lowest BCUT2D eigenvalue weighted by Gasteiger charge is -2.07. The van der Waals surface area contributed by atoms with Gasteiger partial charge in [-0.3, -0.25) is 10.1 Å². The lowest BCUT2D eigenvalue weighted by molar-refractivity contribution is -0.383. The molecule has 0 saturated heterocycles. The summed E-state index contributed by atoms with van der Waals surface area (Å²) < 4.78 is 15.1. The minimum atomic E-state index is -0.540. The van der Waals surface area contributed by atoms with E-state index in [0.29, 0.717) is 50.7 Å². The zero-order chi connectivity index (χ0) is 17.2. The Balaban J connectivity index is 1.71. The fraction of sp³-hybridized carbons (Fsp3) is 0.500. The van der Waals surface area contributed by atoms with Crippen molar-refractivity contribution in [3.05, 3.63) is 32.7 Å². The summed E-state index contributed by atoms with van der Waals surface area (Å²) in [6.07, 6.45) is 0. The second-order valence-corrected chi connectivity index (χ2v) is 4.46. The lowest BCUT2D eigenvalue weighted by atomic mass is 10.2. The van der Waals surface area contributed by atoms with Crippen molar-refractivity contribution in [3.8, 4) is 0 Å². The van der Waals surface area contributed by atoms with Gasteiger partial charge in [0, 0.05) is 24.1 Å². The molecule has 0 spiro atoms. The van der Waals surface area contributed by atoms with E-state index in [0.717, 1.165) is 0 Å². The van der Waals surface area contributed by atoms with Crippen molar-refractivity contribution in [2.45, 2.75) is 0 Å². The zero-order valence-electron chi connectivity index (χ0n) is 12.6. The molecule has 0 amide bonds. The predicted molar refractivity (Wildman–Crippen MR) is 82.6 cm³/mol. The lowest BCUT2D eigenvalue weighted by Crippen LogP contribution is -2.13. The molecule has 0 unspecified atom stereocenters. The Kier molecular flexibility index (Phi) is 6.71. The maximum atomic E-state index is 10.9. The first kappa shape index (κ1) is 17.4. The third-order valence-electron chi connectivity index (χ3n) is 2.92. The van der Waals surface area contributed by atoms with Crippen molar-refractivity contribution in [3.63, 3.8) is 0 Å². The number of aromatic nitrogens is 2. The van der Waals surface area contributed by atoms with Gasteiger partial charge in [0.05, 0.1) is 37.0 Å². The van der Waals surface area contributed by atoms with E-state index in [1.165, 1.54) is 6.07 Å². The molecular weight excluding hydrogens is 322 g/mol. The Morgan fingerprint density at radius 2 is 2.00 bits per heavy atom. The van der Waals surface area contributed by atoms with Crippen molar-refractivity contribution in [2.24, 2.45) is 5.11 Å². The second-order valence-electron chi connectivity index (χ2n) is 4.46. The molecule has 0 atom stereocenters. The summed E-state index contributed by atoms with van der Waals surface area (Å²) in [5.74, 6) is 0. The molecule has 1 heterocycles. The summed E-state index contributed by atoms with van der Waals surface area (Å²) >= 11 is 0. The number of rotatable bonds is 11. The predicted octanol–water partition coefficient (Wildman–Crippen LogP) is 1.89. The molecular formula is C12H15N7O5. The highest BCUT2D eigenvalue weighted by molar-refractivity contribution is 5.93. The Labute approximate surface area is 135 Å². The average molecular weight is 337 g/mol. The van der Waals surface area contributed by atoms with Gasteiger partial charge in [0.1, 0.15) is 0 Å². The van der Waals surface area contributed by atoms with Gasteiger partial charge in [-0.2, -0.15) is 0 Å². The van der Waals surface area contributed by atoms with Crippen LogP contribution in [0.25, 0.3) is 21.5 Å². The van der Waals surface area contributed by atoms with Gasteiger partial charge >= 0.3 is 5.69 Å². The number of ether oxygens (including phenoxy) is 2. The number of nitrogens with one attached hydrogen (secondary N) is 1. The van der Waals surface area contributed by atoms with E-state index in [9.17, 15) is 10.1 Å². The average Bonchev–Trinajstić information content (AvgIpc) is 3.06. The van der Waals surface area contributed by atoms with Gasteiger partial charge < -0.3 is 14.8 Å². The maximum absolute atomic E-state index is 10.9. The number of non-ortho nitro benzene ring substituents is 1. The number of azide groups is 1. The first-order chi connectivity index (χ1) is 11.7.